The average molecular weight is 268 g/mol. The Labute approximate surface area is 114 Å². The van der Waals surface area contributed by atoms with Crippen molar-refractivity contribution < 1.29 is 4.39 Å². The maximum absolute atomic E-state index is 13.7. The summed E-state index contributed by atoms with van der Waals surface area (Å²) in [4.78, 5) is 0. The monoisotopic (exact) mass is 267 g/mol. The molecule has 18 heavy (non-hydrogen) atoms. The van der Waals surface area contributed by atoms with E-state index >= 15 is 0 Å². The third-order valence-electron chi connectivity index (χ3n) is 2.88. The second-order valence-electron chi connectivity index (χ2n) is 4.26. The van der Waals surface area contributed by atoms with E-state index in [1.54, 1.807) is 12.1 Å². The Morgan fingerprint density at radius 1 is 1.50 bits per heavy atom. The van der Waals surface area contributed by atoms with E-state index in [4.69, 9.17) is 18.0 Å². The van der Waals surface area contributed by atoms with Gasteiger partial charge in [0.25, 0.3) is 0 Å². The largest absolute Gasteiger partial charge is 0.314 e. The van der Waals surface area contributed by atoms with Crippen LogP contribution in [-0.2, 0) is 6.42 Å². The quantitative estimate of drug-likeness (QED) is 0.585. The van der Waals surface area contributed by atoms with E-state index in [2.05, 4.69) is 11.2 Å². The number of terminal acetylenes is 1. The van der Waals surface area contributed by atoms with Crippen molar-refractivity contribution in [2.75, 3.05) is 6.54 Å². The van der Waals surface area contributed by atoms with Gasteiger partial charge in [-0.3, -0.25) is 0 Å². The molecule has 98 valence electrons. The summed E-state index contributed by atoms with van der Waals surface area (Å²) in [6.07, 6.45) is 8.47. The number of nitrogens with one attached hydrogen (secondary N) is 1. The Morgan fingerprint density at radius 2 is 2.28 bits per heavy atom. The minimum Gasteiger partial charge on any atom is -0.314 e. The third kappa shape index (κ3) is 4.68. The molecule has 1 N–H and O–H groups in total. The van der Waals surface area contributed by atoms with Gasteiger partial charge >= 0.3 is 0 Å². The van der Waals surface area contributed by atoms with Crippen LogP contribution in [0.25, 0.3) is 0 Å². The van der Waals surface area contributed by atoms with E-state index in [1.165, 1.54) is 6.07 Å². The van der Waals surface area contributed by atoms with Gasteiger partial charge in [-0.25, -0.2) is 4.39 Å². The molecule has 1 aromatic rings. The lowest BCUT2D eigenvalue weighted by Crippen LogP contribution is -2.31. The van der Waals surface area contributed by atoms with E-state index in [0.29, 0.717) is 17.0 Å². The summed E-state index contributed by atoms with van der Waals surface area (Å²) >= 11 is 6.03. The second kappa shape index (κ2) is 8.13. The number of likely N-dealkylation sites (N-methyl/N-ethyl adjacent to an activating group) is 1. The van der Waals surface area contributed by atoms with Gasteiger partial charge in [-0.05, 0) is 37.9 Å². The maximum atomic E-state index is 13.7. The second-order valence-corrected chi connectivity index (χ2v) is 4.66. The predicted octanol–water partition coefficient (Wildman–Crippen LogP) is 3.80. The van der Waals surface area contributed by atoms with Crippen LogP contribution in [0.1, 0.15) is 31.7 Å². The first-order valence-electron chi connectivity index (χ1n) is 6.28. The van der Waals surface area contributed by atoms with Crippen LogP contribution in [0.15, 0.2) is 18.2 Å². The molecule has 1 unspecified atom stereocenters. The summed E-state index contributed by atoms with van der Waals surface area (Å²) < 4.78 is 13.7. The Balaban J connectivity index is 2.67. The van der Waals surface area contributed by atoms with E-state index in [9.17, 15) is 4.39 Å². The first-order valence-corrected chi connectivity index (χ1v) is 6.66. The Morgan fingerprint density at radius 3 is 2.89 bits per heavy atom. The van der Waals surface area contributed by atoms with Gasteiger partial charge in [0.2, 0.25) is 0 Å². The number of hydrogen-bond donors (Lipinski definition) is 1. The van der Waals surface area contributed by atoms with Gasteiger partial charge in [-0.2, -0.15) is 0 Å². The first-order chi connectivity index (χ1) is 8.69. The lowest BCUT2D eigenvalue weighted by molar-refractivity contribution is 0.470. The van der Waals surface area contributed by atoms with Crippen molar-refractivity contribution in [2.24, 2.45) is 0 Å². The minimum absolute atomic E-state index is 0.220. The molecule has 0 saturated heterocycles. The number of halogens is 2. The van der Waals surface area contributed by atoms with Crippen molar-refractivity contribution in [1.29, 1.82) is 0 Å². The first kappa shape index (κ1) is 15.0. The molecule has 0 radical (unpaired) electrons. The molecule has 3 heteroatoms. The molecule has 0 amide bonds. The molecule has 0 bridgehead atoms. The van der Waals surface area contributed by atoms with Gasteiger partial charge in [-0.1, -0.05) is 24.6 Å². The molecule has 0 spiro atoms. The van der Waals surface area contributed by atoms with Gasteiger partial charge in [-0.15, -0.1) is 12.3 Å². The highest BCUT2D eigenvalue weighted by Crippen LogP contribution is 2.21. The molecule has 1 atom stereocenters. The maximum Gasteiger partial charge on any atom is 0.127 e. The summed E-state index contributed by atoms with van der Waals surface area (Å²) in [6.45, 7) is 2.89. The normalized spacial score (nSPS) is 12.1. The Kier molecular flexibility index (Phi) is 6.78. The smallest absolute Gasteiger partial charge is 0.127 e. The molecule has 0 saturated carbocycles. The van der Waals surface area contributed by atoms with E-state index in [1.807, 2.05) is 6.92 Å². The molecule has 1 rings (SSSR count). The molecule has 0 aliphatic heterocycles. The molecule has 0 fully saturated rings. The van der Waals surface area contributed by atoms with Crippen LogP contribution in [0.4, 0.5) is 4.39 Å². The fourth-order valence-corrected chi connectivity index (χ4v) is 2.23. The highest BCUT2D eigenvalue weighted by Gasteiger charge is 2.13. The zero-order valence-corrected chi connectivity index (χ0v) is 11.4. The molecular formula is C15H19ClFN. The van der Waals surface area contributed by atoms with Crippen molar-refractivity contribution in [3.05, 3.63) is 34.6 Å². The van der Waals surface area contributed by atoms with Gasteiger partial charge in [0.05, 0.1) is 0 Å². The Hall–Kier alpha value is -1.04. The number of hydrogen-bond acceptors (Lipinski definition) is 1. The lowest BCUT2D eigenvalue weighted by atomic mass is 10.0. The number of benzene rings is 1. The zero-order chi connectivity index (χ0) is 13.4. The summed E-state index contributed by atoms with van der Waals surface area (Å²) in [5.74, 6) is 2.39. The van der Waals surface area contributed by atoms with Gasteiger partial charge in [0, 0.05) is 23.0 Å². The highest BCUT2D eigenvalue weighted by molar-refractivity contribution is 6.31. The Bertz CT molecular complexity index is 391. The summed E-state index contributed by atoms with van der Waals surface area (Å²) in [5, 5.41) is 3.85. The summed E-state index contributed by atoms with van der Waals surface area (Å²) in [6, 6.07) is 5.02. The highest BCUT2D eigenvalue weighted by atomic mass is 35.5. The molecule has 0 aliphatic carbocycles. The number of unbranched alkanes of at least 4 members (excludes halogenated alkanes) is 1. The van der Waals surface area contributed by atoms with Gasteiger partial charge in [0.1, 0.15) is 5.82 Å². The molecular weight excluding hydrogens is 249 g/mol. The SMILES string of the molecule is C#CCCCC(Cc1c(F)cccc1Cl)NCC. The zero-order valence-electron chi connectivity index (χ0n) is 10.7. The molecule has 1 nitrogen and oxygen atoms in total. The van der Waals surface area contributed by atoms with Crippen molar-refractivity contribution >= 4 is 11.6 Å². The van der Waals surface area contributed by atoms with E-state index < -0.39 is 0 Å². The van der Waals surface area contributed by atoms with Crippen LogP contribution in [0.2, 0.25) is 5.02 Å². The third-order valence-corrected chi connectivity index (χ3v) is 3.23. The molecule has 0 aromatic heterocycles. The molecule has 0 heterocycles. The van der Waals surface area contributed by atoms with Gasteiger partial charge in [0.15, 0.2) is 0 Å². The van der Waals surface area contributed by atoms with Gasteiger partial charge < -0.3 is 5.32 Å². The van der Waals surface area contributed by atoms with E-state index in [0.717, 1.165) is 25.8 Å². The summed E-state index contributed by atoms with van der Waals surface area (Å²) in [5.41, 5.74) is 0.589. The number of rotatable bonds is 7. The van der Waals surface area contributed by atoms with Crippen LogP contribution in [-0.4, -0.2) is 12.6 Å². The summed E-state index contributed by atoms with van der Waals surface area (Å²) in [7, 11) is 0. The fourth-order valence-electron chi connectivity index (χ4n) is 1.99. The predicted molar refractivity (Wildman–Crippen MR) is 75.3 cm³/mol. The molecule has 1 aromatic carbocycles. The van der Waals surface area contributed by atoms with Crippen molar-refractivity contribution in [2.45, 2.75) is 38.6 Å². The van der Waals surface area contributed by atoms with Crippen molar-refractivity contribution in [1.82, 2.24) is 5.32 Å². The fraction of sp³-hybridized carbons (Fsp3) is 0.467. The van der Waals surface area contributed by atoms with E-state index in [-0.39, 0.29) is 11.9 Å². The van der Waals surface area contributed by atoms with Crippen LogP contribution in [0.3, 0.4) is 0 Å². The molecule has 0 aliphatic rings. The van der Waals surface area contributed by atoms with Crippen LogP contribution in [0.5, 0.6) is 0 Å². The average Bonchev–Trinajstić information content (AvgIpc) is 2.34. The van der Waals surface area contributed by atoms with Crippen molar-refractivity contribution in [3.8, 4) is 12.3 Å². The van der Waals surface area contributed by atoms with Crippen LogP contribution < -0.4 is 5.32 Å². The van der Waals surface area contributed by atoms with Crippen LogP contribution in [0, 0.1) is 18.2 Å². The van der Waals surface area contributed by atoms with Crippen LogP contribution >= 0.6 is 11.6 Å². The minimum atomic E-state index is -0.234. The lowest BCUT2D eigenvalue weighted by Gasteiger charge is -2.18. The topological polar surface area (TPSA) is 12.0 Å². The van der Waals surface area contributed by atoms with Crippen molar-refractivity contribution in [3.63, 3.8) is 0 Å². The standard InChI is InChI=1S/C15H19ClFN/c1-3-5-6-8-12(18-4-2)11-13-14(16)9-7-10-15(13)17/h1,7,9-10,12,18H,4-6,8,11H2,2H3.